The highest BCUT2D eigenvalue weighted by atomic mass is 19.2. The number of carbonyl (C=O) groups is 1. The number of halogens is 2. The number of nitrogens with one attached hydrogen (secondary N) is 1. The molecule has 1 amide bonds. The fourth-order valence-corrected chi connectivity index (χ4v) is 2.47. The molecule has 0 spiro atoms. The van der Waals surface area contributed by atoms with Gasteiger partial charge in [0.2, 0.25) is 5.91 Å². The Bertz CT molecular complexity index is 469. The molecule has 1 N–H and O–H groups in total. The summed E-state index contributed by atoms with van der Waals surface area (Å²) in [7, 11) is 0. The lowest BCUT2D eigenvalue weighted by Gasteiger charge is -2.36. The van der Waals surface area contributed by atoms with Crippen molar-refractivity contribution in [2.24, 2.45) is 0 Å². The summed E-state index contributed by atoms with van der Waals surface area (Å²) in [5, 5.41) is 3.34. The van der Waals surface area contributed by atoms with Crippen molar-refractivity contribution in [3.63, 3.8) is 0 Å². The molecule has 0 radical (unpaired) electrons. The maximum absolute atomic E-state index is 13.1. The Kier molecular flexibility index (Phi) is 4.14. The van der Waals surface area contributed by atoms with Crippen LogP contribution in [0.2, 0.25) is 0 Å². The van der Waals surface area contributed by atoms with E-state index < -0.39 is 11.6 Å². The van der Waals surface area contributed by atoms with Crippen molar-refractivity contribution in [2.75, 3.05) is 13.1 Å². The van der Waals surface area contributed by atoms with Gasteiger partial charge in [0.1, 0.15) is 0 Å². The van der Waals surface area contributed by atoms with Gasteiger partial charge in [0.05, 0.1) is 6.42 Å². The Hall–Kier alpha value is -1.49. The molecule has 0 bridgehead atoms. The monoisotopic (exact) mass is 268 g/mol. The number of carbonyl (C=O) groups excluding carboxylic acids is 1. The van der Waals surface area contributed by atoms with E-state index in [0.717, 1.165) is 12.1 Å². The number of piperazine rings is 1. The van der Waals surface area contributed by atoms with Gasteiger partial charge in [-0.25, -0.2) is 8.78 Å². The third-order valence-corrected chi connectivity index (χ3v) is 3.25. The second-order valence-electron chi connectivity index (χ2n) is 5.19. The van der Waals surface area contributed by atoms with Gasteiger partial charge in [-0.05, 0) is 31.5 Å². The van der Waals surface area contributed by atoms with Crippen LogP contribution in [0, 0.1) is 11.6 Å². The maximum atomic E-state index is 13.1. The molecule has 1 aromatic rings. The molecule has 104 valence electrons. The first kappa shape index (κ1) is 13.9. The number of nitrogens with zero attached hydrogens (tertiary/aromatic N) is 1. The minimum atomic E-state index is -0.910. The molecule has 2 rings (SSSR count). The predicted octanol–water partition coefficient (Wildman–Crippen LogP) is 1.72. The molecule has 3 nitrogen and oxygen atoms in total. The van der Waals surface area contributed by atoms with Crippen LogP contribution in [0.1, 0.15) is 19.4 Å². The molecule has 0 saturated carbocycles. The van der Waals surface area contributed by atoms with Crippen LogP contribution in [0.4, 0.5) is 8.78 Å². The standard InChI is InChI=1S/C14H18F2N2O/c1-9-7-18(8-10(2)17-9)14(19)6-11-3-4-12(15)13(16)5-11/h3-5,9-10,17H,6-8H2,1-2H3. The maximum Gasteiger partial charge on any atom is 0.227 e. The molecule has 1 aromatic carbocycles. The first-order chi connectivity index (χ1) is 8.95. The summed E-state index contributed by atoms with van der Waals surface area (Å²) in [6.45, 7) is 5.33. The molecule has 2 unspecified atom stereocenters. The third-order valence-electron chi connectivity index (χ3n) is 3.25. The van der Waals surface area contributed by atoms with Crippen LogP contribution in [-0.2, 0) is 11.2 Å². The number of hydrogen-bond acceptors (Lipinski definition) is 2. The van der Waals surface area contributed by atoms with Crippen LogP contribution in [0.5, 0.6) is 0 Å². The van der Waals surface area contributed by atoms with Gasteiger partial charge in [0.25, 0.3) is 0 Å². The molecule has 19 heavy (non-hydrogen) atoms. The molecule has 1 aliphatic rings. The van der Waals surface area contributed by atoms with Crippen LogP contribution in [0.3, 0.4) is 0 Å². The van der Waals surface area contributed by atoms with Crippen LogP contribution >= 0.6 is 0 Å². The Balaban J connectivity index is 2.02. The van der Waals surface area contributed by atoms with Crippen LogP contribution < -0.4 is 5.32 Å². The van der Waals surface area contributed by atoms with Crippen LogP contribution in [-0.4, -0.2) is 36.0 Å². The van der Waals surface area contributed by atoms with Gasteiger partial charge in [-0.3, -0.25) is 4.79 Å². The molecule has 1 aliphatic heterocycles. The summed E-state index contributed by atoms with van der Waals surface area (Å²) >= 11 is 0. The van der Waals surface area contributed by atoms with Gasteiger partial charge in [-0.2, -0.15) is 0 Å². The molecule has 1 saturated heterocycles. The van der Waals surface area contributed by atoms with E-state index in [2.05, 4.69) is 5.32 Å². The van der Waals surface area contributed by atoms with Crippen molar-refractivity contribution in [1.82, 2.24) is 10.2 Å². The zero-order chi connectivity index (χ0) is 14.0. The van der Waals surface area contributed by atoms with E-state index in [9.17, 15) is 13.6 Å². The molecular formula is C14H18F2N2O. The highest BCUT2D eigenvalue weighted by Gasteiger charge is 2.24. The number of amides is 1. The summed E-state index contributed by atoms with van der Waals surface area (Å²) in [6, 6.07) is 4.09. The van der Waals surface area contributed by atoms with Gasteiger partial charge in [-0.15, -0.1) is 0 Å². The van der Waals surface area contributed by atoms with E-state index in [1.807, 2.05) is 13.8 Å². The zero-order valence-electron chi connectivity index (χ0n) is 11.1. The summed E-state index contributed by atoms with van der Waals surface area (Å²) in [6.07, 6.45) is 0.108. The lowest BCUT2D eigenvalue weighted by atomic mass is 10.1. The predicted molar refractivity (Wildman–Crippen MR) is 68.7 cm³/mol. The van der Waals surface area contributed by atoms with Crippen molar-refractivity contribution >= 4 is 5.91 Å². The zero-order valence-corrected chi connectivity index (χ0v) is 11.1. The summed E-state index contributed by atoms with van der Waals surface area (Å²) < 4.78 is 25.9. The molecule has 0 aromatic heterocycles. The van der Waals surface area contributed by atoms with Gasteiger partial charge < -0.3 is 10.2 Å². The van der Waals surface area contributed by atoms with E-state index in [0.29, 0.717) is 18.7 Å². The summed E-state index contributed by atoms with van der Waals surface area (Å²) in [4.78, 5) is 13.9. The molecule has 1 heterocycles. The van der Waals surface area contributed by atoms with Crippen molar-refractivity contribution in [3.05, 3.63) is 35.4 Å². The highest BCUT2D eigenvalue weighted by Crippen LogP contribution is 2.12. The Morgan fingerprint density at radius 2 is 1.89 bits per heavy atom. The minimum Gasteiger partial charge on any atom is -0.339 e. The second-order valence-corrected chi connectivity index (χ2v) is 5.19. The lowest BCUT2D eigenvalue weighted by Crippen LogP contribution is -2.56. The average Bonchev–Trinajstić information content (AvgIpc) is 2.32. The van der Waals surface area contributed by atoms with E-state index in [1.54, 1.807) is 4.90 Å². The van der Waals surface area contributed by atoms with Crippen molar-refractivity contribution in [2.45, 2.75) is 32.4 Å². The van der Waals surface area contributed by atoms with Crippen LogP contribution in [0.15, 0.2) is 18.2 Å². The lowest BCUT2D eigenvalue weighted by molar-refractivity contribution is -0.132. The third kappa shape index (κ3) is 3.50. The van der Waals surface area contributed by atoms with E-state index >= 15 is 0 Å². The van der Waals surface area contributed by atoms with Crippen LogP contribution in [0.25, 0.3) is 0 Å². The number of hydrogen-bond donors (Lipinski definition) is 1. The molecule has 2 atom stereocenters. The average molecular weight is 268 g/mol. The fraction of sp³-hybridized carbons (Fsp3) is 0.500. The minimum absolute atomic E-state index is 0.0498. The SMILES string of the molecule is CC1CN(C(=O)Cc2ccc(F)c(F)c2)CC(C)N1. The first-order valence-corrected chi connectivity index (χ1v) is 6.43. The van der Waals surface area contributed by atoms with E-state index in [4.69, 9.17) is 0 Å². The van der Waals surface area contributed by atoms with Gasteiger partial charge in [0, 0.05) is 25.2 Å². The molecule has 0 aliphatic carbocycles. The Morgan fingerprint density at radius 3 is 2.47 bits per heavy atom. The van der Waals surface area contributed by atoms with Gasteiger partial charge in [0.15, 0.2) is 11.6 Å². The molecule has 1 fully saturated rings. The van der Waals surface area contributed by atoms with Crippen molar-refractivity contribution in [1.29, 1.82) is 0 Å². The van der Waals surface area contributed by atoms with Gasteiger partial charge >= 0.3 is 0 Å². The van der Waals surface area contributed by atoms with E-state index in [-0.39, 0.29) is 24.4 Å². The first-order valence-electron chi connectivity index (χ1n) is 6.43. The van der Waals surface area contributed by atoms with Crippen molar-refractivity contribution in [3.8, 4) is 0 Å². The normalized spacial score (nSPS) is 23.5. The number of benzene rings is 1. The largest absolute Gasteiger partial charge is 0.339 e. The fourth-order valence-electron chi connectivity index (χ4n) is 2.47. The topological polar surface area (TPSA) is 32.3 Å². The Morgan fingerprint density at radius 1 is 1.26 bits per heavy atom. The quantitative estimate of drug-likeness (QED) is 0.885. The highest BCUT2D eigenvalue weighted by molar-refractivity contribution is 5.79. The summed E-state index contributed by atoms with van der Waals surface area (Å²) in [5.74, 6) is -1.85. The molecule has 5 heteroatoms. The second kappa shape index (κ2) is 5.65. The van der Waals surface area contributed by atoms with Gasteiger partial charge in [-0.1, -0.05) is 6.07 Å². The van der Waals surface area contributed by atoms with Crippen molar-refractivity contribution < 1.29 is 13.6 Å². The molecular weight excluding hydrogens is 250 g/mol. The Labute approximate surface area is 111 Å². The number of rotatable bonds is 2. The smallest absolute Gasteiger partial charge is 0.227 e. The van der Waals surface area contributed by atoms with E-state index in [1.165, 1.54) is 6.07 Å². The summed E-state index contributed by atoms with van der Waals surface area (Å²) in [5.41, 5.74) is 0.503.